The molecule has 3 aromatic rings. The normalized spacial score (nSPS) is 11.3. The summed E-state index contributed by atoms with van der Waals surface area (Å²) in [4.78, 5) is 20.0. The quantitative estimate of drug-likeness (QED) is 0.720. The van der Waals surface area contributed by atoms with Crippen LogP contribution < -0.4 is 10.5 Å². The van der Waals surface area contributed by atoms with E-state index in [1.54, 1.807) is 24.9 Å². The molecular weight excluding hydrogens is 347 g/mol. The van der Waals surface area contributed by atoms with E-state index in [1.165, 1.54) is 16.7 Å². The molecule has 0 saturated carbocycles. The molecule has 0 aliphatic heterocycles. The largest absolute Gasteiger partial charge is 0.508 e. The molecule has 2 aromatic heterocycles. The summed E-state index contributed by atoms with van der Waals surface area (Å²) >= 11 is 0. The van der Waals surface area contributed by atoms with Crippen molar-refractivity contribution in [3.63, 3.8) is 0 Å². The molecule has 0 bridgehead atoms. The van der Waals surface area contributed by atoms with Crippen LogP contribution in [0, 0.1) is 5.82 Å². The molecule has 2 heterocycles. The van der Waals surface area contributed by atoms with Crippen molar-refractivity contribution in [3.8, 4) is 16.9 Å². The summed E-state index contributed by atoms with van der Waals surface area (Å²) in [5.74, 6) is -0.109. The second-order valence-corrected chi connectivity index (χ2v) is 6.78. The van der Waals surface area contributed by atoms with Gasteiger partial charge < -0.3 is 14.6 Å². The standard InChI is InChI=1S/C20H25FN4O2/c1-5-9-25(10-6-2)20-22-18-17(19(27)24(20)4)15(12-23(18)3)14-8-7-13(26)11-16(14)21/h7-8,11-12,26H,5-6,9-10H2,1-4H3. The van der Waals surface area contributed by atoms with Gasteiger partial charge in [0.05, 0.1) is 5.39 Å². The number of hydrogen-bond acceptors (Lipinski definition) is 4. The summed E-state index contributed by atoms with van der Waals surface area (Å²) in [6.45, 7) is 5.80. The lowest BCUT2D eigenvalue weighted by Gasteiger charge is -2.24. The van der Waals surface area contributed by atoms with Gasteiger partial charge in [-0.15, -0.1) is 0 Å². The summed E-state index contributed by atoms with van der Waals surface area (Å²) in [6.07, 6.45) is 3.61. The average molecular weight is 372 g/mol. The van der Waals surface area contributed by atoms with Crippen molar-refractivity contribution >= 4 is 17.0 Å². The fourth-order valence-corrected chi connectivity index (χ4v) is 3.45. The van der Waals surface area contributed by atoms with Gasteiger partial charge in [-0.2, -0.15) is 4.98 Å². The van der Waals surface area contributed by atoms with Gasteiger partial charge in [-0.1, -0.05) is 13.8 Å². The van der Waals surface area contributed by atoms with E-state index in [1.807, 2.05) is 0 Å². The van der Waals surface area contributed by atoms with Crippen LogP contribution in [0.2, 0.25) is 0 Å². The Hall–Kier alpha value is -2.83. The first-order valence-corrected chi connectivity index (χ1v) is 9.18. The number of aryl methyl sites for hydroxylation is 1. The van der Waals surface area contributed by atoms with Gasteiger partial charge in [0.15, 0.2) is 0 Å². The van der Waals surface area contributed by atoms with Gasteiger partial charge in [-0.25, -0.2) is 4.39 Å². The van der Waals surface area contributed by atoms with Crippen molar-refractivity contribution in [2.75, 3.05) is 18.0 Å². The molecule has 144 valence electrons. The Morgan fingerprint density at radius 2 is 1.81 bits per heavy atom. The lowest BCUT2D eigenvalue weighted by molar-refractivity contribution is 0.469. The maximum absolute atomic E-state index is 14.4. The molecule has 27 heavy (non-hydrogen) atoms. The third kappa shape index (κ3) is 3.29. The van der Waals surface area contributed by atoms with Crippen LogP contribution in [0.1, 0.15) is 26.7 Å². The van der Waals surface area contributed by atoms with Crippen LogP contribution in [0.5, 0.6) is 5.75 Å². The number of halogens is 1. The summed E-state index contributed by atoms with van der Waals surface area (Å²) in [5.41, 5.74) is 1.05. The van der Waals surface area contributed by atoms with Crippen LogP contribution in [0.15, 0.2) is 29.2 Å². The molecule has 0 fully saturated rings. The Labute approximate surface area is 157 Å². The number of aromatic nitrogens is 3. The van der Waals surface area contributed by atoms with Gasteiger partial charge in [-0.3, -0.25) is 9.36 Å². The van der Waals surface area contributed by atoms with Crippen LogP contribution in [0.4, 0.5) is 10.3 Å². The molecule has 1 N–H and O–H groups in total. The van der Waals surface area contributed by atoms with Gasteiger partial charge in [0.25, 0.3) is 5.56 Å². The lowest BCUT2D eigenvalue weighted by Crippen LogP contribution is -2.33. The number of fused-ring (bicyclic) bond motifs is 1. The third-order valence-corrected chi connectivity index (χ3v) is 4.69. The highest BCUT2D eigenvalue weighted by Crippen LogP contribution is 2.31. The van der Waals surface area contributed by atoms with E-state index >= 15 is 0 Å². The van der Waals surface area contributed by atoms with Crippen molar-refractivity contribution in [2.45, 2.75) is 26.7 Å². The zero-order valence-electron chi connectivity index (χ0n) is 16.2. The number of phenols is 1. The third-order valence-electron chi connectivity index (χ3n) is 4.69. The fraction of sp³-hybridized carbons (Fsp3) is 0.400. The highest BCUT2D eigenvalue weighted by molar-refractivity contribution is 5.94. The van der Waals surface area contributed by atoms with Crippen molar-refractivity contribution in [1.82, 2.24) is 14.1 Å². The zero-order chi connectivity index (χ0) is 19.7. The van der Waals surface area contributed by atoms with Crippen LogP contribution in [-0.4, -0.2) is 32.3 Å². The smallest absolute Gasteiger partial charge is 0.264 e. The van der Waals surface area contributed by atoms with E-state index in [9.17, 15) is 14.3 Å². The van der Waals surface area contributed by atoms with Gasteiger partial charge in [0.2, 0.25) is 5.95 Å². The second kappa shape index (κ2) is 7.42. The van der Waals surface area contributed by atoms with Crippen LogP contribution in [0.3, 0.4) is 0 Å². The average Bonchev–Trinajstić information content (AvgIpc) is 2.94. The van der Waals surface area contributed by atoms with Gasteiger partial charge in [0.1, 0.15) is 17.2 Å². The number of anilines is 1. The number of nitrogens with zero attached hydrogens (tertiary/aromatic N) is 4. The van der Waals surface area contributed by atoms with E-state index in [4.69, 9.17) is 4.98 Å². The molecule has 0 saturated heterocycles. The van der Waals surface area contributed by atoms with Gasteiger partial charge in [-0.05, 0) is 25.0 Å². The molecule has 0 aliphatic carbocycles. The molecular formula is C20H25FN4O2. The summed E-state index contributed by atoms with van der Waals surface area (Å²) in [7, 11) is 3.50. The predicted octanol–water partition coefficient (Wildman–Crippen LogP) is 3.41. The Kier molecular flexibility index (Phi) is 5.21. The number of aromatic hydroxyl groups is 1. The van der Waals surface area contributed by atoms with Crippen molar-refractivity contribution in [2.24, 2.45) is 14.1 Å². The minimum Gasteiger partial charge on any atom is -0.508 e. The predicted molar refractivity (Wildman–Crippen MR) is 106 cm³/mol. The monoisotopic (exact) mass is 372 g/mol. The molecule has 0 atom stereocenters. The van der Waals surface area contributed by atoms with Crippen molar-refractivity contribution in [3.05, 3.63) is 40.6 Å². The second-order valence-electron chi connectivity index (χ2n) is 6.78. The molecule has 0 aliphatic rings. The van der Waals surface area contributed by atoms with E-state index < -0.39 is 5.82 Å². The number of phenolic OH excluding ortho intramolecular Hbond substituents is 1. The molecule has 3 rings (SSSR count). The summed E-state index contributed by atoms with van der Waals surface area (Å²) in [6, 6.07) is 3.94. The Morgan fingerprint density at radius 1 is 1.15 bits per heavy atom. The Morgan fingerprint density at radius 3 is 2.41 bits per heavy atom. The van der Waals surface area contributed by atoms with E-state index in [-0.39, 0.29) is 16.9 Å². The first kappa shape index (κ1) is 18.9. The SMILES string of the molecule is CCCN(CCC)c1nc2c(c(-c3ccc(O)cc3F)cn2C)c(=O)n1C. The fourth-order valence-electron chi connectivity index (χ4n) is 3.45. The number of rotatable bonds is 6. The highest BCUT2D eigenvalue weighted by Gasteiger charge is 2.21. The molecule has 6 nitrogen and oxygen atoms in total. The van der Waals surface area contributed by atoms with Crippen LogP contribution >= 0.6 is 0 Å². The molecule has 7 heteroatoms. The van der Waals surface area contributed by atoms with Crippen molar-refractivity contribution in [1.29, 1.82) is 0 Å². The topological polar surface area (TPSA) is 63.3 Å². The van der Waals surface area contributed by atoms with Crippen LogP contribution in [-0.2, 0) is 14.1 Å². The molecule has 0 amide bonds. The van der Waals surface area contributed by atoms with E-state index in [2.05, 4.69) is 18.7 Å². The summed E-state index contributed by atoms with van der Waals surface area (Å²) < 4.78 is 17.7. The highest BCUT2D eigenvalue weighted by atomic mass is 19.1. The first-order chi connectivity index (χ1) is 12.9. The Balaban J connectivity index is 2.27. The zero-order valence-corrected chi connectivity index (χ0v) is 16.2. The van der Waals surface area contributed by atoms with Gasteiger partial charge >= 0.3 is 0 Å². The van der Waals surface area contributed by atoms with Crippen LogP contribution in [0.25, 0.3) is 22.2 Å². The molecule has 1 aromatic carbocycles. The van der Waals surface area contributed by atoms with E-state index in [0.29, 0.717) is 22.5 Å². The minimum absolute atomic E-state index is 0.153. The molecule has 0 spiro atoms. The summed E-state index contributed by atoms with van der Waals surface area (Å²) in [5, 5.41) is 9.85. The Bertz CT molecular complexity index is 1030. The molecule has 0 radical (unpaired) electrons. The maximum atomic E-state index is 14.4. The number of hydrogen-bond donors (Lipinski definition) is 1. The van der Waals surface area contributed by atoms with Gasteiger partial charge in [0, 0.05) is 50.6 Å². The number of benzene rings is 1. The first-order valence-electron chi connectivity index (χ1n) is 9.18. The van der Waals surface area contributed by atoms with Crippen molar-refractivity contribution < 1.29 is 9.50 Å². The minimum atomic E-state index is -0.577. The lowest BCUT2D eigenvalue weighted by atomic mass is 10.1. The maximum Gasteiger partial charge on any atom is 0.264 e. The van der Waals surface area contributed by atoms with E-state index in [0.717, 1.165) is 32.0 Å². The molecule has 0 unspecified atom stereocenters.